The molecule has 0 amide bonds. The fourth-order valence-corrected chi connectivity index (χ4v) is 1.73. The molecule has 0 nitrogen and oxygen atoms in total. The molecule has 0 saturated carbocycles. The highest BCUT2D eigenvalue weighted by atomic mass is 32.2. The quantitative estimate of drug-likeness (QED) is 0.602. The van der Waals surface area contributed by atoms with E-state index in [-0.39, 0.29) is 0 Å². The van der Waals surface area contributed by atoms with Crippen LogP contribution in [0.1, 0.15) is 40.0 Å². The van der Waals surface area contributed by atoms with Crippen molar-refractivity contribution >= 4 is 11.8 Å². The highest BCUT2D eigenvalue weighted by Crippen LogP contribution is 2.20. The molecule has 0 aromatic rings. The molecule has 0 aromatic heterocycles. The molecule has 0 spiro atoms. The maximum atomic E-state index is 2.38. The Morgan fingerprint density at radius 3 is 2.45 bits per heavy atom. The summed E-state index contributed by atoms with van der Waals surface area (Å²) in [5.41, 5.74) is 0. The summed E-state index contributed by atoms with van der Waals surface area (Å²) in [5.74, 6) is 0.703. The number of allylic oxidation sites excluding steroid dienone is 2. The monoisotopic (exact) mass is 172 g/mol. The van der Waals surface area contributed by atoms with Crippen molar-refractivity contribution in [3.05, 3.63) is 11.0 Å². The van der Waals surface area contributed by atoms with E-state index >= 15 is 0 Å². The first-order chi connectivity index (χ1) is 5.20. The Kier molecular flexibility index (Phi) is 6.83. The van der Waals surface area contributed by atoms with Gasteiger partial charge in [0.05, 0.1) is 0 Å². The van der Waals surface area contributed by atoms with Gasteiger partial charge in [0, 0.05) is 0 Å². The number of rotatable bonds is 5. The van der Waals surface area contributed by atoms with Crippen LogP contribution in [0, 0.1) is 5.92 Å². The topological polar surface area (TPSA) is 0 Å². The van der Waals surface area contributed by atoms with Gasteiger partial charge >= 0.3 is 0 Å². The minimum Gasteiger partial charge on any atom is -0.134 e. The van der Waals surface area contributed by atoms with E-state index in [2.05, 4.69) is 33.1 Å². The zero-order valence-corrected chi connectivity index (χ0v) is 9.00. The van der Waals surface area contributed by atoms with Crippen molar-refractivity contribution in [3.63, 3.8) is 0 Å². The van der Waals surface area contributed by atoms with E-state index in [0.29, 0.717) is 5.92 Å². The van der Waals surface area contributed by atoms with Crippen LogP contribution in [-0.4, -0.2) is 6.26 Å². The molecule has 0 aliphatic rings. The Morgan fingerprint density at radius 2 is 2.09 bits per heavy atom. The van der Waals surface area contributed by atoms with Gasteiger partial charge in [-0.3, -0.25) is 0 Å². The standard InChI is InChI=1S/C10H20S/c1-5-6-7-10(11-4)8-9(2)3/h8-9H,5-7H2,1-4H3/b10-8-. The SMILES string of the molecule is CCCC/C(=C/C(C)C)SC. The van der Waals surface area contributed by atoms with Crippen LogP contribution in [0.2, 0.25) is 0 Å². The highest BCUT2D eigenvalue weighted by molar-refractivity contribution is 8.02. The Bertz CT molecular complexity index is 114. The molecule has 0 rings (SSSR count). The van der Waals surface area contributed by atoms with Crippen LogP contribution in [-0.2, 0) is 0 Å². The summed E-state index contributed by atoms with van der Waals surface area (Å²) < 4.78 is 0. The minimum atomic E-state index is 0.703. The lowest BCUT2D eigenvalue weighted by Crippen LogP contribution is -1.84. The average molecular weight is 172 g/mol. The van der Waals surface area contributed by atoms with Crippen molar-refractivity contribution in [2.24, 2.45) is 5.92 Å². The maximum absolute atomic E-state index is 2.38. The molecule has 0 heterocycles. The number of unbranched alkanes of at least 4 members (excludes halogenated alkanes) is 1. The summed E-state index contributed by atoms with van der Waals surface area (Å²) >= 11 is 1.90. The third-order valence-electron chi connectivity index (χ3n) is 1.56. The first-order valence-corrected chi connectivity index (χ1v) is 5.67. The van der Waals surface area contributed by atoms with E-state index in [1.165, 1.54) is 19.3 Å². The second-order valence-electron chi connectivity index (χ2n) is 3.18. The molecule has 0 fully saturated rings. The summed E-state index contributed by atoms with van der Waals surface area (Å²) in [6, 6.07) is 0. The van der Waals surface area contributed by atoms with E-state index < -0.39 is 0 Å². The molecule has 0 aliphatic carbocycles. The van der Waals surface area contributed by atoms with Crippen molar-refractivity contribution < 1.29 is 0 Å². The molecule has 0 bridgehead atoms. The second kappa shape index (κ2) is 6.78. The van der Waals surface area contributed by atoms with Crippen molar-refractivity contribution in [2.75, 3.05) is 6.26 Å². The van der Waals surface area contributed by atoms with Gasteiger partial charge in [-0.15, -0.1) is 11.8 Å². The Labute approximate surface area is 75.5 Å². The number of thioether (sulfide) groups is 1. The first kappa shape index (κ1) is 11.1. The first-order valence-electron chi connectivity index (χ1n) is 4.45. The third kappa shape index (κ3) is 6.49. The van der Waals surface area contributed by atoms with E-state index in [9.17, 15) is 0 Å². The number of hydrogen-bond donors (Lipinski definition) is 0. The molecule has 66 valence electrons. The normalized spacial score (nSPS) is 12.6. The molecule has 0 atom stereocenters. The fourth-order valence-electron chi connectivity index (χ4n) is 0.976. The third-order valence-corrected chi connectivity index (χ3v) is 2.42. The zero-order valence-electron chi connectivity index (χ0n) is 8.18. The summed E-state index contributed by atoms with van der Waals surface area (Å²) in [5, 5.41) is 0. The van der Waals surface area contributed by atoms with E-state index in [1.54, 1.807) is 4.91 Å². The predicted octanol–water partition coefficient (Wildman–Crippen LogP) is 4.08. The van der Waals surface area contributed by atoms with Crippen LogP contribution in [0.3, 0.4) is 0 Å². The molecule has 1 heteroatoms. The van der Waals surface area contributed by atoms with Gasteiger partial charge in [-0.25, -0.2) is 0 Å². The van der Waals surface area contributed by atoms with Gasteiger partial charge < -0.3 is 0 Å². The van der Waals surface area contributed by atoms with Crippen LogP contribution in [0.4, 0.5) is 0 Å². The summed E-state index contributed by atoms with van der Waals surface area (Å²) in [4.78, 5) is 1.56. The van der Waals surface area contributed by atoms with E-state index in [0.717, 1.165) is 0 Å². The lowest BCUT2D eigenvalue weighted by atomic mass is 10.1. The number of hydrogen-bond acceptors (Lipinski definition) is 1. The lowest BCUT2D eigenvalue weighted by Gasteiger charge is -2.04. The Morgan fingerprint density at radius 1 is 1.45 bits per heavy atom. The van der Waals surface area contributed by atoms with E-state index in [4.69, 9.17) is 0 Å². The van der Waals surface area contributed by atoms with Crippen LogP contribution in [0.15, 0.2) is 11.0 Å². The van der Waals surface area contributed by atoms with Crippen molar-refractivity contribution in [2.45, 2.75) is 40.0 Å². The molecule has 0 unspecified atom stereocenters. The largest absolute Gasteiger partial charge is 0.134 e. The lowest BCUT2D eigenvalue weighted by molar-refractivity contribution is 0.782. The summed E-state index contributed by atoms with van der Waals surface area (Å²) in [6.45, 7) is 6.72. The van der Waals surface area contributed by atoms with Crippen LogP contribution < -0.4 is 0 Å². The van der Waals surface area contributed by atoms with Gasteiger partial charge in [-0.2, -0.15) is 0 Å². The van der Waals surface area contributed by atoms with Gasteiger partial charge in [-0.05, 0) is 29.9 Å². The van der Waals surface area contributed by atoms with E-state index in [1.807, 2.05) is 11.8 Å². The molecule has 0 radical (unpaired) electrons. The molecular formula is C10H20S. The van der Waals surface area contributed by atoms with Crippen molar-refractivity contribution in [1.82, 2.24) is 0 Å². The molecular weight excluding hydrogens is 152 g/mol. The van der Waals surface area contributed by atoms with Crippen molar-refractivity contribution in [1.29, 1.82) is 0 Å². The summed E-state index contributed by atoms with van der Waals surface area (Å²) in [7, 11) is 0. The average Bonchev–Trinajstić information content (AvgIpc) is 1.97. The molecule has 0 aromatic carbocycles. The smallest absolute Gasteiger partial charge is 0.0140 e. The Hall–Kier alpha value is 0.0900. The summed E-state index contributed by atoms with van der Waals surface area (Å²) in [6.07, 6.45) is 8.45. The predicted molar refractivity (Wildman–Crippen MR) is 56.0 cm³/mol. The van der Waals surface area contributed by atoms with Crippen LogP contribution in [0.25, 0.3) is 0 Å². The van der Waals surface area contributed by atoms with Gasteiger partial charge in [0.2, 0.25) is 0 Å². The van der Waals surface area contributed by atoms with Gasteiger partial charge in [-0.1, -0.05) is 33.3 Å². The minimum absolute atomic E-state index is 0.703. The molecule has 11 heavy (non-hydrogen) atoms. The van der Waals surface area contributed by atoms with Crippen LogP contribution >= 0.6 is 11.8 Å². The van der Waals surface area contributed by atoms with Crippen LogP contribution in [0.5, 0.6) is 0 Å². The van der Waals surface area contributed by atoms with Gasteiger partial charge in [0.25, 0.3) is 0 Å². The second-order valence-corrected chi connectivity index (χ2v) is 4.12. The highest BCUT2D eigenvalue weighted by Gasteiger charge is 1.95. The molecule has 0 saturated heterocycles. The Balaban J connectivity index is 3.74. The fraction of sp³-hybridized carbons (Fsp3) is 0.800. The zero-order chi connectivity index (χ0) is 8.69. The van der Waals surface area contributed by atoms with Gasteiger partial charge in [0.1, 0.15) is 0 Å². The molecule has 0 aliphatic heterocycles. The van der Waals surface area contributed by atoms with Gasteiger partial charge in [0.15, 0.2) is 0 Å². The maximum Gasteiger partial charge on any atom is -0.0140 e. The molecule has 0 N–H and O–H groups in total. The van der Waals surface area contributed by atoms with Crippen molar-refractivity contribution in [3.8, 4) is 0 Å².